The van der Waals surface area contributed by atoms with Gasteiger partial charge in [-0.15, -0.1) is 0 Å². The summed E-state index contributed by atoms with van der Waals surface area (Å²) in [6, 6.07) is 5.16. The second-order valence-electron chi connectivity index (χ2n) is 6.69. The van der Waals surface area contributed by atoms with Gasteiger partial charge in [-0.25, -0.2) is 0 Å². The minimum absolute atomic E-state index is 0.265. The predicted octanol–water partition coefficient (Wildman–Crippen LogP) is 5.35. The van der Waals surface area contributed by atoms with Gasteiger partial charge in [0.2, 0.25) is 0 Å². The molecule has 0 radical (unpaired) electrons. The van der Waals surface area contributed by atoms with Crippen molar-refractivity contribution in [2.24, 2.45) is 11.3 Å². The Labute approximate surface area is 124 Å². The normalized spacial score (nSPS) is 20.0. The molecule has 118 valence electrons. The second kappa shape index (κ2) is 5.99. The lowest BCUT2D eigenvalue weighted by Gasteiger charge is -2.36. The van der Waals surface area contributed by atoms with Gasteiger partial charge in [0.15, 0.2) is 0 Å². The first kappa shape index (κ1) is 16.3. The molecule has 1 aliphatic carbocycles. The summed E-state index contributed by atoms with van der Waals surface area (Å²) in [5, 5.41) is 10.7. The summed E-state index contributed by atoms with van der Waals surface area (Å²) in [7, 11) is 0. The maximum Gasteiger partial charge on any atom is 0.416 e. The van der Waals surface area contributed by atoms with Crippen LogP contribution in [0, 0.1) is 11.3 Å². The lowest BCUT2D eigenvalue weighted by molar-refractivity contribution is -0.137. The Kier molecular flexibility index (Phi) is 4.66. The monoisotopic (exact) mass is 300 g/mol. The Morgan fingerprint density at radius 2 is 1.81 bits per heavy atom. The maximum atomic E-state index is 12.8. The molecule has 1 aliphatic rings. The SMILES string of the molecule is CC(C)CC1(C(O)c2cccc(C(F)(F)F)c2)CCCC1. The third kappa shape index (κ3) is 3.60. The van der Waals surface area contributed by atoms with Crippen LogP contribution in [-0.2, 0) is 6.18 Å². The molecule has 2 rings (SSSR count). The number of rotatable bonds is 4. The van der Waals surface area contributed by atoms with E-state index in [9.17, 15) is 18.3 Å². The molecule has 1 aromatic carbocycles. The Morgan fingerprint density at radius 3 is 2.33 bits per heavy atom. The van der Waals surface area contributed by atoms with Gasteiger partial charge in [-0.1, -0.05) is 38.8 Å². The number of aliphatic hydroxyl groups is 1. The molecule has 0 aliphatic heterocycles. The van der Waals surface area contributed by atoms with Gasteiger partial charge in [-0.2, -0.15) is 13.2 Å². The lowest BCUT2D eigenvalue weighted by Crippen LogP contribution is -2.28. The Morgan fingerprint density at radius 1 is 1.19 bits per heavy atom. The topological polar surface area (TPSA) is 20.2 Å². The average molecular weight is 300 g/mol. The van der Waals surface area contributed by atoms with Gasteiger partial charge < -0.3 is 5.11 Å². The zero-order valence-corrected chi connectivity index (χ0v) is 12.6. The molecule has 1 aromatic rings. The number of halogens is 3. The first-order valence-electron chi connectivity index (χ1n) is 7.60. The van der Waals surface area contributed by atoms with Crippen molar-refractivity contribution in [2.45, 2.75) is 58.2 Å². The van der Waals surface area contributed by atoms with Gasteiger partial charge in [0.1, 0.15) is 0 Å². The molecule has 0 amide bonds. The van der Waals surface area contributed by atoms with Crippen molar-refractivity contribution in [1.29, 1.82) is 0 Å². The third-order valence-corrected chi connectivity index (χ3v) is 4.52. The summed E-state index contributed by atoms with van der Waals surface area (Å²) in [5.74, 6) is 0.420. The van der Waals surface area contributed by atoms with Crippen LogP contribution in [-0.4, -0.2) is 5.11 Å². The van der Waals surface area contributed by atoms with Crippen LogP contribution in [0.25, 0.3) is 0 Å². The van der Waals surface area contributed by atoms with Crippen LogP contribution in [0.5, 0.6) is 0 Å². The lowest BCUT2D eigenvalue weighted by atomic mass is 9.72. The molecule has 1 atom stereocenters. The number of alkyl halides is 3. The molecule has 0 bridgehead atoms. The zero-order valence-electron chi connectivity index (χ0n) is 12.6. The molecule has 4 heteroatoms. The van der Waals surface area contributed by atoms with Crippen molar-refractivity contribution in [3.05, 3.63) is 35.4 Å². The highest BCUT2D eigenvalue weighted by atomic mass is 19.4. The minimum Gasteiger partial charge on any atom is -0.388 e. The van der Waals surface area contributed by atoms with E-state index in [1.54, 1.807) is 6.07 Å². The van der Waals surface area contributed by atoms with E-state index in [-0.39, 0.29) is 5.41 Å². The summed E-state index contributed by atoms with van der Waals surface area (Å²) >= 11 is 0. The van der Waals surface area contributed by atoms with Gasteiger partial charge >= 0.3 is 6.18 Å². The van der Waals surface area contributed by atoms with Gasteiger partial charge in [0, 0.05) is 5.41 Å². The van der Waals surface area contributed by atoms with Gasteiger partial charge in [-0.3, -0.25) is 0 Å². The molecule has 21 heavy (non-hydrogen) atoms. The fraction of sp³-hybridized carbons (Fsp3) is 0.647. The fourth-order valence-corrected chi connectivity index (χ4v) is 3.72. The summed E-state index contributed by atoms with van der Waals surface area (Å²) < 4.78 is 38.5. The van der Waals surface area contributed by atoms with E-state index in [1.807, 2.05) is 0 Å². The minimum atomic E-state index is -4.36. The van der Waals surface area contributed by atoms with E-state index in [1.165, 1.54) is 6.07 Å². The van der Waals surface area contributed by atoms with Crippen molar-refractivity contribution in [1.82, 2.24) is 0 Å². The molecule has 0 aromatic heterocycles. The highest BCUT2D eigenvalue weighted by Gasteiger charge is 2.42. The number of aliphatic hydroxyl groups excluding tert-OH is 1. The second-order valence-corrected chi connectivity index (χ2v) is 6.69. The number of hydrogen-bond donors (Lipinski definition) is 1. The number of benzene rings is 1. The van der Waals surface area contributed by atoms with Crippen molar-refractivity contribution < 1.29 is 18.3 Å². The molecule has 0 spiro atoms. The molecule has 1 saturated carbocycles. The third-order valence-electron chi connectivity index (χ3n) is 4.52. The van der Waals surface area contributed by atoms with Crippen molar-refractivity contribution >= 4 is 0 Å². The predicted molar refractivity (Wildman–Crippen MR) is 76.8 cm³/mol. The largest absolute Gasteiger partial charge is 0.416 e. The molecule has 1 nitrogen and oxygen atoms in total. The van der Waals surface area contributed by atoms with Gasteiger partial charge in [0.05, 0.1) is 11.7 Å². The zero-order chi connectivity index (χ0) is 15.7. The van der Waals surface area contributed by atoms with Crippen LogP contribution in [0.15, 0.2) is 24.3 Å². The van der Waals surface area contributed by atoms with Crippen molar-refractivity contribution in [3.63, 3.8) is 0 Å². The first-order chi connectivity index (χ1) is 9.74. The van der Waals surface area contributed by atoms with Gasteiger partial charge in [0.25, 0.3) is 0 Å². The molecule has 0 saturated heterocycles. The molecule has 1 fully saturated rings. The quantitative estimate of drug-likeness (QED) is 0.795. The highest BCUT2D eigenvalue weighted by molar-refractivity contribution is 5.28. The first-order valence-corrected chi connectivity index (χ1v) is 7.60. The Balaban J connectivity index is 2.31. The molecule has 1 N–H and O–H groups in total. The van der Waals surface area contributed by atoms with E-state index in [4.69, 9.17) is 0 Å². The highest BCUT2D eigenvalue weighted by Crippen LogP contribution is 2.51. The summed E-state index contributed by atoms with van der Waals surface area (Å²) in [4.78, 5) is 0. The van der Waals surface area contributed by atoms with Crippen LogP contribution in [0.3, 0.4) is 0 Å². The Bertz CT molecular complexity index is 473. The fourth-order valence-electron chi connectivity index (χ4n) is 3.72. The van der Waals surface area contributed by atoms with E-state index in [2.05, 4.69) is 13.8 Å². The molecule has 0 heterocycles. The smallest absolute Gasteiger partial charge is 0.388 e. The van der Waals surface area contributed by atoms with Crippen LogP contribution in [0.1, 0.15) is 63.2 Å². The van der Waals surface area contributed by atoms with Crippen LogP contribution in [0.4, 0.5) is 13.2 Å². The molecular formula is C17H23F3O. The summed E-state index contributed by atoms with van der Waals surface area (Å²) in [6.45, 7) is 4.19. The van der Waals surface area contributed by atoms with E-state index >= 15 is 0 Å². The van der Waals surface area contributed by atoms with Crippen molar-refractivity contribution in [3.8, 4) is 0 Å². The standard InChI is InChI=1S/C17H23F3O/c1-12(2)11-16(8-3-4-9-16)15(21)13-6-5-7-14(10-13)17(18,19)20/h5-7,10,12,15,21H,3-4,8-9,11H2,1-2H3. The van der Waals surface area contributed by atoms with E-state index in [0.29, 0.717) is 11.5 Å². The number of hydrogen-bond acceptors (Lipinski definition) is 1. The van der Waals surface area contributed by atoms with E-state index < -0.39 is 17.8 Å². The van der Waals surface area contributed by atoms with Crippen LogP contribution >= 0.6 is 0 Å². The van der Waals surface area contributed by atoms with Crippen LogP contribution in [0.2, 0.25) is 0 Å². The van der Waals surface area contributed by atoms with E-state index in [0.717, 1.165) is 44.2 Å². The molecule has 1 unspecified atom stereocenters. The Hall–Kier alpha value is -1.03. The molecular weight excluding hydrogens is 277 g/mol. The average Bonchev–Trinajstić information content (AvgIpc) is 2.86. The van der Waals surface area contributed by atoms with Crippen LogP contribution < -0.4 is 0 Å². The maximum absolute atomic E-state index is 12.8. The summed E-state index contributed by atoms with van der Waals surface area (Å²) in [6.07, 6.45) is -0.456. The summed E-state index contributed by atoms with van der Waals surface area (Å²) in [5.41, 5.74) is -0.553. The van der Waals surface area contributed by atoms with Crippen molar-refractivity contribution in [2.75, 3.05) is 0 Å². The van der Waals surface area contributed by atoms with Gasteiger partial charge in [-0.05, 0) is 42.9 Å².